The van der Waals surface area contributed by atoms with Crippen LogP contribution in [0.2, 0.25) is 0 Å². The number of nitrogens with zero attached hydrogens (tertiary/aromatic N) is 5. The number of hydrogen-bond donors (Lipinski definition) is 5. The fourth-order valence-corrected chi connectivity index (χ4v) is 4.47. The molecule has 0 radical (unpaired) electrons. The third-order valence-electron chi connectivity index (χ3n) is 4.89. The van der Waals surface area contributed by atoms with Crippen molar-refractivity contribution in [2.75, 3.05) is 45.0 Å². The molecule has 2 aromatic rings. The van der Waals surface area contributed by atoms with Gasteiger partial charge < -0.3 is 29.1 Å². The van der Waals surface area contributed by atoms with Crippen molar-refractivity contribution < 1.29 is 28.7 Å². The van der Waals surface area contributed by atoms with Gasteiger partial charge in [-0.05, 0) is 0 Å². The van der Waals surface area contributed by atoms with Crippen molar-refractivity contribution >= 4 is 26.4 Å². The van der Waals surface area contributed by atoms with Crippen molar-refractivity contribution in [1.29, 1.82) is 0 Å². The smallest absolute Gasteiger partial charge is 0.324 e. The number of fused-ring (bicyclic) bond motifs is 1. The zero-order chi connectivity index (χ0) is 21.2. The molecule has 13 nitrogen and oxygen atoms in total. The molecule has 15 heteroatoms. The summed E-state index contributed by atoms with van der Waals surface area (Å²) < 4.78 is 24.2. The third-order valence-corrected chi connectivity index (χ3v) is 6.46. The van der Waals surface area contributed by atoms with E-state index in [1.54, 1.807) is 4.57 Å². The van der Waals surface area contributed by atoms with Crippen LogP contribution >= 0.6 is 15.2 Å². The molecule has 5 N–H and O–H groups in total. The van der Waals surface area contributed by atoms with Crippen molar-refractivity contribution in [3.05, 3.63) is 23.0 Å². The van der Waals surface area contributed by atoms with Crippen molar-refractivity contribution in [2.45, 2.75) is 12.6 Å². The van der Waals surface area contributed by atoms with E-state index in [1.807, 2.05) is 9.80 Å². The Bertz CT molecular complexity index is 998. The highest BCUT2D eigenvalue weighted by molar-refractivity contribution is 7.52. The van der Waals surface area contributed by atoms with Crippen LogP contribution in [0, 0.1) is 0 Å². The van der Waals surface area contributed by atoms with Gasteiger partial charge in [0.2, 0.25) is 0 Å². The topological polar surface area (TPSA) is 185 Å². The first-order valence-corrected chi connectivity index (χ1v) is 12.6. The zero-order valence-corrected chi connectivity index (χ0v) is 17.3. The maximum absolute atomic E-state index is 11.8. The van der Waals surface area contributed by atoms with E-state index in [1.165, 1.54) is 12.7 Å². The van der Waals surface area contributed by atoms with Crippen LogP contribution in [0.15, 0.2) is 17.4 Å². The highest BCUT2D eigenvalue weighted by Crippen LogP contribution is 2.35. The summed E-state index contributed by atoms with van der Waals surface area (Å²) in [5, 5.41) is 0. The standard InChI is InChI=1S/C14H24N6O7P2/c21-14-12-13(15-9-16-14)20(10-17-12)8-11-7-18(3-5-28(22,23)24)1-2-19(11)4-6-29(25,26)27/h9-11H,1-8H2,(H,15,16,21)(H2,22,23,24)(H2,25,26,27). The lowest BCUT2D eigenvalue weighted by atomic mass is 10.1. The average Bonchev–Trinajstić information content (AvgIpc) is 3.02. The Labute approximate surface area is 165 Å². The molecule has 2 aromatic heterocycles. The van der Waals surface area contributed by atoms with Crippen LogP contribution in [0.5, 0.6) is 0 Å². The fourth-order valence-electron chi connectivity index (χ4n) is 3.41. The van der Waals surface area contributed by atoms with Crippen LogP contribution in [-0.2, 0) is 15.7 Å². The van der Waals surface area contributed by atoms with Gasteiger partial charge in [-0.2, -0.15) is 0 Å². The van der Waals surface area contributed by atoms with E-state index in [-0.39, 0.29) is 42.5 Å². The highest BCUT2D eigenvalue weighted by Gasteiger charge is 2.30. The van der Waals surface area contributed by atoms with Gasteiger partial charge in [-0.25, -0.2) is 9.97 Å². The lowest BCUT2D eigenvalue weighted by Gasteiger charge is -2.41. The molecule has 3 rings (SSSR count). The van der Waals surface area contributed by atoms with Crippen molar-refractivity contribution in [3.8, 4) is 0 Å². The van der Waals surface area contributed by atoms with Crippen LogP contribution in [0.3, 0.4) is 0 Å². The second kappa shape index (κ2) is 8.75. The summed E-state index contributed by atoms with van der Waals surface area (Å²) in [5.41, 5.74) is 0.235. The largest absolute Gasteiger partial charge is 0.326 e. The first-order chi connectivity index (χ1) is 13.5. The molecule has 1 saturated heterocycles. The molecule has 0 aliphatic carbocycles. The van der Waals surface area contributed by atoms with Gasteiger partial charge in [-0.15, -0.1) is 0 Å². The summed E-state index contributed by atoms with van der Waals surface area (Å²) in [5.74, 6) is 0. The first kappa shape index (κ1) is 22.3. The third kappa shape index (κ3) is 6.27. The molecule has 0 spiro atoms. The number of aromatic nitrogens is 4. The van der Waals surface area contributed by atoms with Crippen molar-refractivity contribution in [3.63, 3.8) is 0 Å². The molecule has 1 unspecified atom stereocenters. The summed E-state index contributed by atoms with van der Waals surface area (Å²) in [7, 11) is -8.28. The molecule has 1 aliphatic heterocycles. The van der Waals surface area contributed by atoms with Gasteiger partial charge in [-0.3, -0.25) is 23.7 Å². The van der Waals surface area contributed by atoms with Gasteiger partial charge in [0.1, 0.15) is 0 Å². The summed E-state index contributed by atoms with van der Waals surface area (Å²) in [4.78, 5) is 63.1. The van der Waals surface area contributed by atoms with E-state index in [2.05, 4.69) is 15.0 Å². The molecule has 0 aromatic carbocycles. The number of rotatable bonds is 8. The summed E-state index contributed by atoms with van der Waals surface area (Å²) in [6.45, 7) is 2.23. The van der Waals surface area contributed by atoms with Crippen LogP contribution in [-0.4, -0.2) is 100.0 Å². The number of hydrogen-bond acceptors (Lipinski definition) is 7. The molecule has 0 bridgehead atoms. The summed E-state index contributed by atoms with van der Waals surface area (Å²) >= 11 is 0. The zero-order valence-electron chi connectivity index (χ0n) is 15.5. The molecule has 3 heterocycles. The lowest BCUT2D eigenvalue weighted by molar-refractivity contribution is 0.0722. The Morgan fingerprint density at radius 1 is 1.07 bits per heavy atom. The molecule has 0 saturated carbocycles. The van der Waals surface area contributed by atoms with Gasteiger partial charge in [0.05, 0.1) is 25.0 Å². The Balaban J connectivity index is 1.77. The summed E-state index contributed by atoms with van der Waals surface area (Å²) in [6.07, 6.45) is 2.23. The molecule has 1 fully saturated rings. The van der Waals surface area contributed by atoms with E-state index < -0.39 is 15.2 Å². The van der Waals surface area contributed by atoms with Crippen LogP contribution in [0.1, 0.15) is 0 Å². The number of nitrogens with one attached hydrogen (secondary N) is 1. The quantitative estimate of drug-likeness (QED) is 0.294. The second-order valence-electron chi connectivity index (χ2n) is 7.07. The van der Waals surface area contributed by atoms with Gasteiger partial charge in [-0.1, -0.05) is 0 Å². The number of piperazine rings is 1. The molecule has 0 amide bonds. The monoisotopic (exact) mass is 450 g/mol. The van der Waals surface area contributed by atoms with Gasteiger partial charge >= 0.3 is 15.2 Å². The molecular weight excluding hydrogens is 426 g/mol. The van der Waals surface area contributed by atoms with Crippen LogP contribution < -0.4 is 5.56 Å². The Kier molecular flexibility index (Phi) is 6.71. The molecular formula is C14H24N6O7P2. The van der Waals surface area contributed by atoms with E-state index in [0.717, 1.165) is 0 Å². The predicted octanol–water partition coefficient (Wildman–Crippen LogP) is -1.54. The summed E-state index contributed by atoms with van der Waals surface area (Å²) in [6, 6.07) is -0.203. The number of H-pyrrole nitrogens is 1. The Morgan fingerprint density at radius 3 is 2.45 bits per heavy atom. The molecule has 29 heavy (non-hydrogen) atoms. The maximum atomic E-state index is 11.8. The van der Waals surface area contributed by atoms with Gasteiger partial charge in [0.25, 0.3) is 5.56 Å². The van der Waals surface area contributed by atoms with E-state index >= 15 is 0 Å². The predicted molar refractivity (Wildman–Crippen MR) is 104 cm³/mol. The maximum Gasteiger partial charge on any atom is 0.326 e. The lowest BCUT2D eigenvalue weighted by Crippen LogP contribution is -2.55. The van der Waals surface area contributed by atoms with Crippen molar-refractivity contribution in [1.82, 2.24) is 29.3 Å². The van der Waals surface area contributed by atoms with E-state index in [0.29, 0.717) is 31.8 Å². The minimum absolute atomic E-state index is 0.182. The second-order valence-corrected chi connectivity index (χ2v) is 10.6. The van der Waals surface area contributed by atoms with E-state index in [4.69, 9.17) is 9.79 Å². The SMILES string of the molecule is O=c1[nH]cnc2c1ncn2CC1CN(CCP(=O)(O)O)CCN1CCP(=O)(O)O. The number of aromatic amines is 1. The minimum Gasteiger partial charge on any atom is -0.324 e. The first-order valence-electron chi connectivity index (χ1n) is 8.96. The molecule has 162 valence electrons. The molecule has 1 atom stereocenters. The van der Waals surface area contributed by atoms with E-state index in [9.17, 15) is 23.7 Å². The Hall–Kier alpha value is -1.43. The van der Waals surface area contributed by atoms with Crippen LogP contribution in [0.25, 0.3) is 11.2 Å². The normalized spacial score (nSPS) is 19.8. The van der Waals surface area contributed by atoms with Crippen molar-refractivity contribution in [2.24, 2.45) is 0 Å². The number of imidazole rings is 1. The fraction of sp³-hybridized carbons (Fsp3) is 0.643. The molecule has 1 aliphatic rings. The minimum atomic E-state index is -4.16. The van der Waals surface area contributed by atoms with Crippen LogP contribution in [0.4, 0.5) is 0 Å². The van der Waals surface area contributed by atoms with Gasteiger partial charge in [0.15, 0.2) is 11.2 Å². The average molecular weight is 450 g/mol. The highest BCUT2D eigenvalue weighted by atomic mass is 31.2. The van der Waals surface area contributed by atoms with Gasteiger partial charge in [0, 0.05) is 45.3 Å². The Morgan fingerprint density at radius 2 is 1.76 bits per heavy atom.